The standard InChI is InChI=1S/C30H28Cl2N2O2S/c1-18-13-19(2)15-21(14-18)34-29(35)28-24-7-5-3-4-6-8-27(24)37-30(28)33-17-22-10-12-26(36-22)23-11-9-20(31)16-25(23)32/h9-17H,3-8H2,1-2H3,(H,34,35). The average Bonchev–Trinajstić information content (AvgIpc) is 3.41. The highest BCUT2D eigenvalue weighted by Gasteiger charge is 2.24. The molecule has 0 atom stereocenters. The smallest absolute Gasteiger partial charge is 0.259 e. The number of nitrogens with one attached hydrogen (secondary N) is 1. The number of hydrogen-bond donors (Lipinski definition) is 1. The number of carbonyl (C=O) groups is 1. The van der Waals surface area contributed by atoms with Crippen LogP contribution in [0.2, 0.25) is 10.0 Å². The first-order valence-electron chi connectivity index (χ1n) is 12.5. The number of benzene rings is 2. The molecule has 1 aliphatic rings. The van der Waals surface area contributed by atoms with Crippen molar-refractivity contribution in [2.24, 2.45) is 4.99 Å². The Hall–Kier alpha value is -2.86. The molecule has 4 aromatic rings. The monoisotopic (exact) mass is 550 g/mol. The number of furan rings is 1. The number of anilines is 1. The minimum Gasteiger partial charge on any atom is -0.455 e. The molecule has 2 aromatic carbocycles. The Labute approximate surface area is 231 Å². The maximum absolute atomic E-state index is 13.6. The summed E-state index contributed by atoms with van der Waals surface area (Å²) in [5.74, 6) is 1.11. The largest absolute Gasteiger partial charge is 0.455 e. The van der Waals surface area contributed by atoms with Crippen LogP contribution in [0.4, 0.5) is 10.7 Å². The highest BCUT2D eigenvalue weighted by molar-refractivity contribution is 7.16. The number of carbonyl (C=O) groups excluding carboxylic acids is 1. The zero-order valence-corrected chi connectivity index (χ0v) is 23.2. The molecular weight excluding hydrogens is 523 g/mol. The van der Waals surface area contributed by atoms with E-state index < -0.39 is 0 Å². The number of thiophene rings is 1. The van der Waals surface area contributed by atoms with E-state index in [0.29, 0.717) is 27.1 Å². The van der Waals surface area contributed by atoms with Crippen LogP contribution in [0.1, 0.15) is 63.4 Å². The topological polar surface area (TPSA) is 54.6 Å². The number of nitrogens with zero attached hydrogens (tertiary/aromatic N) is 1. The van der Waals surface area contributed by atoms with E-state index in [2.05, 4.69) is 11.4 Å². The lowest BCUT2D eigenvalue weighted by atomic mass is 9.96. The average molecular weight is 552 g/mol. The Morgan fingerprint density at radius 2 is 1.73 bits per heavy atom. The number of aliphatic imine (C=N–C) groups is 1. The molecule has 0 saturated heterocycles. The maximum Gasteiger partial charge on any atom is 0.259 e. The number of halogens is 2. The van der Waals surface area contributed by atoms with Crippen molar-refractivity contribution in [2.75, 3.05) is 5.32 Å². The molecule has 0 radical (unpaired) electrons. The molecule has 1 aliphatic carbocycles. The molecule has 0 bridgehead atoms. The maximum atomic E-state index is 13.6. The van der Waals surface area contributed by atoms with E-state index in [-0.39, 0.29) is 5.91 Å². The van der Waals surface area contributed by atoms with Crippen LogP contribution in [0.25, 0.3) is 11.3 Å². The molecule has 0 aliphatic heterocycles. The van der Waals surface area contributed by atoms with Crippen LogP contribution in [0, 0.1) is 13.8 Å². The second kappa shape index (κ2) is 11.3. The summed E-state index contributed by atoms with van der Waals surface area (Å²) in [6.07, 6.45) is 8.20. The van der Waals surface area contributed by atoms with E-state index >= 15 is 0 Å². The highest BCUT2D eigenvalue weighted by atomic mass is 35.5. The molecule has 0 saturated carbocycles. The van der Waals surface area contributed by atoms with Crippen LogP contribution in [0.15, 0.2) is 57.9 Å². The van der Waals surface area contributed by atoms with Gasteiger partial charge >= 0.3 is 0 Å². The summed E-state index contributed by atoms with van der Waals surface area (Å²) < 4.78 is 6.00. The Bertz CT molecular complexity index is 1460. The number of aryl methyl sites for hydroxylation is 3. The van der Waals surface area contributed by atoms with E-state index in [1.54, 1.807) is 29.7 Å². The summed E-state index contributed by atoms with van der Waals surface area (Å²) in [4.78, 5) is 19.7. The van der Waals surface area contributed by atoms with Crippen LogP contribution in [-0.2, 0) is 12.8 Å². The molecular formula is C30H28Cl2N2O2S. The van der Waals surface area contributed by atoms with Crippen molar-refractivity contribution in [1.29, 1.82) is 0 Å². The minimum atomic E-state index is -0.108. The summed E-state index contributed by atoms with van der Waals surface area (Å²) in [7, 11) is 0. The fourth-order valence-electron chi connectivity index (χ4n) is 4.85. The third kappa shape index (κ3) is 6.01. The number of hydrogen-bond acceptors (Lipinski definition) is 4. The Morgan fingerprint density at radius 1 is 0.973 bits per heavy atom. The SMILES string of the molecule is Cc1cc(C)cc(NC(=O)c2c(N=Cc3ccc(-c4ccc(Cl)cc4Cl)o3)sc3c2CCCCCC3)c1. The van der Waals surface area contributed by atoms with Gasteiger partial charge in [-0.25, -0.2) is 4.99 Å². The predicted molar refractivity (Wildman–Crippen MR) is 155 cm³/mol. The first-order chi connectivity index (χ1) is 17.9. The molecule has 1 N–H and O–H groups in total. The zero-order chi connectivity index (χ0) is 25.9. The van der Waals surface area contributed by atoms with Gasteiger partial charge in [-0.05, 0) is 98.7 Å². The summed E-state index contributed by atoms with van der Waals surface area (Å²) in [5.41, 5.74) is 5.63. The lowest BCUT2D eigenvalue weighted by Gasteiger charge is -2.12. The number of fused-ring (bicyclic) bond motifs is 1. The van der Waals surface area contributed by atoms with E-state index in [1.807, 2.05) is 44.2 Å². The quantitative estimate of drug-likeness (QED) is 0.251. The van der Waals surface area contributed by atoms with Crippen molar-refractivity contribution in [3.05, 3.63) is 91.5 Å². The van der Waals surface area contributed by atoms with Gasteiger partial charge in [-0.1, -0.05) is 42.1 Å². The van der Waals surface area contributed by atoms with Gasteiger partial charge in [-0.3, -0.25) is 4.79 Å². The van der Waals surface area contributed by atoms with Crippen LogP contribution < -0.4 is 5.32 Å². The van der Waals surface area contributed by atoms with Crippen molar-refractivity contribution in [3.8, 4) is 11.3 Å². The van der Waals surface area contributed by atoms with Gasteiger partial charge in [0.1, 0.15) is 16.5 Å². The molecule has 37 heavy (non-hydrogen) atoms. The first kappa shape index (κ1) is 25.8. The summed E-state index contributed by atoms with van der Waals surface area (Å²) in [5, 5.41) is 4.94. The first-order valence-corrected chi connectivity index (χ1v) is 14.1. The summed E-state index contributed by atoms with van der Waals surface area (Å²) in [6.45, 7) is 4.07. The van der Waals surface area contributed by atoms with Gasteiger partial charge in [0.2, 0.25) is 0 Å². The van der Waals surface area contributed by atoms with Crippen LogP contribution >= 0.6 is 34.5 Å². The van der Waals surface area contributed by atoms with Crippen molar-refractivity contribution in [3.63, 3.8) is 0 Å². The highest BCUT2D eigenvalue weighted by Crippen LogP contribution is 2.39. The number of amides is 1. The van der Waals surface area contributed by atoms with Crippen LogP contribution in [-0.4, -0.2) is 12.1 Å². The lowest BCUT2D eigenvalue weighted by Crippen LogP contribution is -2.14. The summed E-state index contributed by atoms with van der Waals surface area (Å²) in [6, 6.07) is 15.1. The predicted octanol–water partition coefficient (Wildman–Crippen LogP) is 9.59. The molecule has 7 heteroatoms. The molecule has 2 heterocycles. The molecule has 1 amide bonds. The van der Waals surface area contributed by atoms with Gasteiger partial charge in [0, 0.05) is 21.2 Å². The second-order valence-corrected chi connectivity index (χ2v) is 11.4. The molecule has 190 valence electrons. The molecule has 0 fully saturated rings. The Kier molecular flexibility index (Phi) is 7.84. The van der Waals surface area contributed by atoms with Gasteiger partial charge in [0.15, 0.2) is 0 Å². The normalized spacial score (nSPS) is 13.8. The van der Waals surface area contributed by atoms with E-state index in [0.717, 1.165) is 58.6 Å². The van der Waals surface area contributed by atoms with Crippen molar-refractivity contribution < 1.29 is 9.21 Å². The molecule has 4 nitrogen and oxygen atoms in total. The lowest BCUT2D eigenvalue weighted by molar-refractivity contribution is 0.102. The van der Waals surface area contributed by atoms with Gasteiger partial charge in [-0.2, -0.15) is 0 Å². The molecule has 2 aromatic heterocycles. The Balaban J connectivity index is 1.47. The fraction of sp³-hybridized carbons (Fsp3) is 0.267. The van der Waals surface area contributed by atoms with Gasteiger partial charge < -0.3 is 9.73 Å². The van der Waals surface area contributed by atoms with Crippen LogP contribution in [0.5, 0.6) is 0 Å². The molecule has 5 rings (SSSR count). The van der Waals surface area contributed by atoms with Gasteiger partial charge in [0.25, 0.3) is 5.91 Å². The van der Waals surface area contributed by atoms with Crippen LogP contribution in [0.3, 0.4) is 0 Å². The molecule has 0 unspecified atom stereocenters. The zero-order valence-electron chi connectivity index (χ0n) is 20.9. The fourth-order valence-corrected chi connectivity index (χ4v) is 6.58. The van der Waals surface area contributed by atoms with Gasteiger partial charge in [-0.15, -0.1) is 11.3 Å². The van der Waals surface area contributed by atoms with Gasteiger partial charge in [0.05, 0.1) is 16.8 Å². The van der Waals surface area contributed by atoms with Crippen molar-refractivity contribution >= 4 is 57.3 Å². The minimum absolute atomic E-state index is 0.108. The molecule has 0 spiro atoms. The van der Waals surface area contributed by atoms with E-state index in [1.165, 1.54) is 17.7 Å². The van der Waals surface area contributed by atoms with E-state index in [9.17, 15) is 4.79 Å². The third-order valence-electron chi connectivity index (χ3n) is 6.49. The second-order valence-electron chi connectivity index (χ2n) is 9.51. The number of rotatable bonds is 5. The summed E-state index contributed by atoms with van der Waals surface area (Å²) >= 11 is 14.0. The van der Waals surface area contributed by atoms with Crippen molar-refractivity contribution in [2.45, 2.75) is 52.4 Å². The Morgan fingerprint density at radius 3 is 2.49 bits per heavy atom. The third-order valence-corrected chi connectivity index (χ3v) is 8.24. The van der Waals surface area contributed by atoms with Crippen molar-refractivity contribution in [1.82, 2.24) is 0 Å². The van der Waals surface area contributed by atoms with E-state index in [4.69, 9.17) is 32.6 Å².